The molecule has 2 unspecified atom stereocenters. The van der Waals surface area contributed by atoms with Crippen LogP contribution < -0.4 is 0 Å². The third-order valence-electron chi connectivity index (χ3n) is 4.16. The van der Waals surface area contributed by atoms with Gasteiger partial charge in [0.15, 0.2) is 0 Å². The molecule has 2 fully saturated rings. The average Bonchev–Trinajstić information content (AvgIpc) is 2.68. The van der Waals surface area contributed by atoms with E-state index in [-0.39, 0.29) is 0 Å². The maximum atomic E-state index is 2.71. The lowest BCUT2D eigenvalue weighted by atomic mass is 10.1. The van der Waals surface area contributed by atoms with E-state index in [1.165, 1.54) is 45.4 Å². The van der Waals surface area contributed by atoms with E-state index in [1.54, 1.807) is 0 Å². The molecule has 1 saturated heterocycles. The van der Waals surface area contributed by atoms with Crippen molar-refractivity contribution < 1.29 is 0 Å². The van der Waals surface area contributed by atoms with Gasteiger partial charge < -0.3 is 9.80 Å². The molecule has 0 N–H and O–H groups in total. The van der Waals surface area contributed by atoms with Crippen LogP contribution in [0, 0.1) is 0 Å². The standard InChI is InChI=1S/C12H25N3/c1-13(2)11-4-5-12(10-11)15-8-6-14(3)7-9-15/h11-12H,4-10H2,1-3H3. The van der Waals surface area contributed by atoms with Gasteiger partial charge in [-0.3, -0.25) is 4.90 Å². The van der Waals surface area contributed by atoms with Gasteiger partial charge in [0.2, 0.25) is 0 Å². The van der Waals surface area contributed by atoms with Crippen LogP contribution in [0.25, 0.3) is 0 Å². The Hall–Kier alpha value is -0.120. The molecule has 1 heterocycles. The number of likely N-dealkylation sites (N-methyl/N-ethyl adjacent to an activating group) is 1. The molecule has 3 nitrogen and oxygen atoms in total. The fraction of sp³-hybridized carbons (Fsp3) is 1.00. The summed E-state index contributed by atoms with van der Waals surface area (Å²) >= 11 is 0. The Bertz CT molecular complexity index is 197. The molecule has 2 atom stereocenters. The third kappa shape index (κ3) is 2.71. The van der Waals surface area contributed by atoms with Crippen LogP contribution in [0.4, 0.5) is 0 Å². The van der Waals surface area contributed by atoms with Crippen LogP contribution in [0.5, 0.6) is 0 Å². The number of rotatable bonds is 2. The molecule has 3 heteroatoms. The Labute approximate surface area is 94.0 Å². The number of hydrogen-bond acceptors (Lipinski definition) is 3. The third-order valence-corrected chi connectivity index (χ3v) is 4.16. The van der Waals surface area contributed by atoms with Gasteiger partial charge in [0.05, 0.1) is 0 Å². The second-order valence-corrected chi connectivity index (χ2v) is 5.42. The lowest BCUT2D eigenvalue weighted by Gasteiger charge is -2.36. The van der Waals surface area contributed by atoms with Gasteiger partial charge in [0.1, 0.15) is 0 Å². The Kier molecular flexibility index (Phi) is 3.65. The quantitative estimate of drug-likeness (QED) is 0.666. The Morgan fingerprint density at radius 2 is 1.67 bits per heavy atom. The minimum Gasteiger partial charge on any atom is -0.306 e. The molecule has 0 bridgehead atoms. The normalized spacial score (nSPS) is 35.2. The van der Waals surface area contributed by atoms with Crippen molar-refractivity contribution in [2.75, 3.05) is 47.3 Å². The second kappa shape index (κ2) is 4.81. The van der Waals surface area contributed by atoms with E-state index in [2.05, 4.69) is 35.8 Å². The van der Waals surface area contributed by atoms with Crippen molar-refractivity contribution in [2.45, 2.75) is 31.3 Å². The molecule has 0 radical (unpaired) electrons. The molecule has 1 aliphatic heterocycles. The van der Waals surface area contributed by atoms with Crippen molar-refractivity contribution in [2.24, 2.45) is 0 Å². The molecule has 0 aromatic rings. The van der Waals surface area contributed by atoms with Crippen molar-refractivity contribution in [1.82, 2.24) is 14.7 Å². The molecule has 15 heavy (non-hydrogen) atoms. The molecule has 2 rings (SSSR count). The van der Waals surface area contributed by atoms with Crippen molar-refractivity contribution in [3.05, 3.63) is 0 Å². The van der Waals surface area contributed by atoms with Gasteiger partial charge >= 0.3 is 0 Å². The molecule has 88 valence electrons. The summed E-state index contributed by atoms with van der Waals surface area (Å²) in [6.45, 7) is 5.06. The minimum atomic E-state index is 0.828. The van der Waals surface area contributed by atoms with Crippen molar-refractivity contribution in [3.8, 4) is 0 Å². The van der Waals surface area contributed by atoms with Crippen molar-refractivity contribution in [1.29, 1.82) is 0 Å². The SMILES string of the molecule is CN1CCN(C2CCC(N(C)C)C2)CC1. The van der Waals surface area contributed by atoms with Gasteiger partial charge in [-0.1, -0.05) is 0 Å². The summed E-state index contributed by atoms with van der Waals surface area (Å²) < 4.78 is 0. The lowest BCUT2D eigenvalue weighted by Crippen LogP contribution is -2.48. The molecule has 0 spiro atoms. The first-order chi connectivity index (χ1) is 7.16. The van der Waals surface area contributed by atoms with Crippen LogP contribution in [-0.2, 0) is 0 Å². The minimum absolute atomic E-state index is 0.828. The molecule has 1 aliphatic carbocycles. The van der Waals surface area contributed by atoms with Crippen molar-refractivity contribution >= 4 is 0 Å². The molecule has 0 aromatic carbocycles. The average molecular weight is 211 g/mol. The fourth-order valence-corrected chi connectivity index (χ4v) is 2.92. The molecular weight excluding hydrogens is 186 g/mol. The zero-order valence-electron chi connectivity index (χ0n) is 10.4. The number of hydrogen-bond donors (Lipinski definition) is 0. The van der Waals surface area contributed by atoms with Gasteiger partial charge in [0, 0.05) is 38.3 Å². The summed E-state index contributed by atoms with van der Waals surface area (Å²) in [4.78, 5) is 7.55. The topological polar surface area (TPSA) is 9.72 Å². The van der Waals surface area contributed by atoms with Crippen LogP contribution in [0.3, 0.4) is 0 Å². The summed E-state index contributed by atoms with van der Waals surface area (Å²) in [5, 5.41) is 0. The Balaban J connectivity index is 1.80. The van der Waals surface area contributed by atoms with Gasteiger partial charge in [-0.15, -0.1) is 0 Å². The molecule has 0 aromatic heterocycles. The largest absolute Gasteiger partial charge is 0.306 e. The van der Waals surface area contributed by atoms with E-state index in [1.807, 2.05) is 0 Å². The highest BCUT2D eigenvalue weighted by Gasteiger charge is 2.31. The number of nitrogens with zero attached hydrogens (tertiary/aromatic N) is 3. The fourth-order valence-electron chi connectivity index (χ4n) is 2.92. The van der Waals surface area contributed by atoms with Gasteiger partial charge in [0.25, 0.3) is 0 Å². The summed E-state index contributed by atoms with van der Waals surface area (Å²) in [7, 11) is 6.67. The van der Waals surface area contributed by atoms with E-state index in [0.29, 0.717) is 0 Å². The smallest absolute Gasteiger partial charge is 0.0113 e. The maximum Gasteiger partial charge on any atom is 0.0113 e. The van der Waals surface area contributed by atoms with E-state index >= 15 is 0 Å². The summed E-state index contributed by atoms with van der Waals surface area (Å²) in [5.74, 6) is 0. The summed E-state index contributed by atoms with van der Waals surface area (Å²) in [5.41, 5.74) is 0. The van der Waals surface area contributed by atoms with E-state index < -0.39 is 0 Å². The van der Waals surface area contributed by atoms with Gasteiger partial charge in [-0.25, -0.2) is 0 Å². The zero-order chi connectivity index (χ0) is 10.8. The van der Waals surface area contributed by atoms with E-state index in [4.69, 9.17) is 0 Å². The highest BCUT2D eigenvalue weighted by molar-refractivity contribution is 4.88. The van der Waals surface area contributed by atoms with Crippen LogP contribution in [-0.4, -0.2) is 74.1 Å². The number of piperazine rings is 1. The molecule has 1 saturated carbocycles. The maximum absolute atomic E-state index is 2.71. The highest BCUT2D eigenvalue weighted by Crippen LogP contribution is 2.27. The van der Waals surface area contributed by atoms with Crippen LogP contribution in [0.1, 0.15) is 19.3 Å². The summed E-state index contributed by atoms with van der Waals surface area (Å²) in [6.07, 6.45) is 4.19. The lowest BCUT2D eigenvalue weighted by molar-refractivity contribution is 0.110. The first-order valence-electron chi connectivity index (χ1n) is 6.26. The van der Waals surface area contributed by atoms with Crippen LogP contribution in [0.2, 0.25) is 0 Å². The van der Waals surface area contributed by atoms with E-state index in [0.717, 1.165) is 12.1 Å². The van der Waals surface area contributed by atoms with Crippen LogP contribution in [0.15, 0.2) is 0 Å². The van der Waals surface area contributed by atoms with Gasteiger partial charge in [-0.2, -0.15) is 0 Å². The van der Waals surface area contributed by atoms with Crippen LogP contribution >= 0.6 is 0 Å². The predicted molar refractivity (Wildman–Crippen MR) is 64.2 cm³/mol. The first kappa shape index (κ1) is 11.4. The first-order valence-corrected chi connectivity index (χ1v) is 6.26. The highest BCUT2D eigenvalue weighted by atomic mass is 15.3. The monoisotopic (exact) mass is 211 g/mol. The molecular formula is C12H25N3. The zero-order valence-corrected chi connectivity index (χ0v) is 10.4. The predicted octanol–water partition coefficient (Wildman–Crippen LogP) is 0.717. The van der Waals surface area contributed by atoms with Gasteiger partial charge in [-0.05, 0) is 40.4 Å². The molecule has 0 amide bonds. The second-order valence-electron chi connectivity index (χ2n) is 5.42. The molecule has 2 aliphatic rings. The van der Waals surface area contributed by atoms with E-state index in [9.17, 15) is 0 Å². The van der Waals surface area contributed by atoms with Crippen molar-refractivity contribution in [3.63, 3.8) is 0 Å². The summed E-state index contributed by atoms with van der Waals surface area (Å²) in [6, 6.07) is 1.70. The Morgan fingerprint density at radius 1 is 1.00 bits per heavy atom. The Morgan fingerprint density at radius 3 is 2.20 bits per heavy atom.